The third-order valence-corrected chi connectivity index (χ3v) is 4.89. The molecule has 136 valence electrons. The van der Waals surface area contributed by atoms with E-state index in [-0.39, 0.29) is 12.5 Å². The first-order chi connectivity index (χ1) is 12.4. The highest BCUT2D eigenvalue weighted by Crippen LogP contribution is 2.36. The number of imide groups is 1. The van der Waals surface area contributed by atoms with Crippen LogP contribution >= 0.6 is 23.2 Å². The van der Waals surface area contributed by atoms with Crippen LogP contribution in [0.1, 0.15) is 25.0 Å². The Labute approximate surface area is 161 Å². The number of para-hydroxylation sites is 1. The lowest BCUT2D eigenvalue weighted by Gasteiger charge is -2.23. The van der Waals surface area contributed by atoms with Crippen molar-refractivity contribution in [2.24, 2.45) is 0 Å². The first kappa shape index (κ1) is 18.5. The second-order valence-electron chi connectivity index (χ2n) is 6.11. The molecule has 3 rings (SSSR count). The molecule has 0 aromatic heterocycles. The monoisotopic (exact) mass is 392 g/mol. The topological polar surface area (TPSA) is 58.6 Å². The summed E-state index contributed by atoms with van der Waals surface area (Å²) in [6, 6.07) is 11.7. The van der Waals surface area contributed by atoms with E-state index in [2.05, 4.69) is 5.32 Å². The van der Waals surface area contributed by atoms with Gasteiger partial charge in [0.25, 0.3) is 5.91 Å². The van der Waals surface area contributed by atoms with Crippen molar-refractivity contribution in [1.29, 1.82) is 0 Å². The Morgan fingerprint density at radius 1 is 1.15 bits per heavy atom. The molecule has 7 heteroatoms. The van der Waals surface area contributed by atoms with E-state index in [1.165, 1.54) is 4.90 Å². The van der Waals surface area contributed by atoms with E-state index >= 15 is 0 Å². The van der Waals surface area contributed by atoms with Crippen molar-refractivity contribution >= 4 is 35.1 Å². The molecule has 0 bridgehead atoms. The summed E-state index contributed by atoms with van der Waals surface area (Å²) in [6.07, 6.45) is 0. The Bertz CT molecular complexity index is 872. The largest absolute Gasteiger partial charge is 0.494 e. The number of carbonyl (C=O) groups excluding carboxylic acids is 2. The molecule has 1 fully saturated rings. The summed E-state index contributed by atoms with van der Waals surface area (Å²) in [5.74, 6) is 0.270. The van der Waals surface area contributed by atoms with E-state index in [0.29, 0.717) is 28.0 Å². The highest BCUT2D eigenvalue weighted by Gasteiger charge is 2.50. The third kappa shape index (κ3) is 3.24. The van der Waals surface area contributed by atoms with Gasteiger partial charge in [0.05, 0.1) is 13.2 Å². The summed E-state index contributed by atoms with van der Waals surface area (Å²) >= 11 is 12.2. The summed E-state index contributed by atoms with van der Waals surface area (Å²) in [4.78, 5) is 26.7. The molecule has 5 nitrogen and oxygen atoms in total. The predicted octanol–water partition coefficient (Wildman–Crippen LogP) is 4.36. The van der Waals surface area contributed by atoms with Crippen LogP contribution in [0.5, 0.6) is 5.75 Å². The minimum atomic E-state index is -1.25. The molecule has 26 heavy (non-hydrogen) atoms. The smallest absolute Gasteiger partial charge is 0.325 e. The predicted molar refractivity (Wildman–Crippen MR) is 101 cm³/mol. The molecule has 1 saturated heterocycles. The number of urea groups is 1. The highest BCUT2D eigenvalue weighted by atomic mass is 35.5. The van der Waals surface area contributed by atoms with E-state index in [9.17, 15) is 9.59 Å². The molecular formula is C19H18Cl2N2O3. The van der Waals surface area contributed by atoms with Crippen LogP contribution in [-0.2, 0) is 16.9 Å². The van der Waals surface area contributed by atoms with E-state index < -0.39 is 11.6 Å². The van der Waals surface area contributed by atoms with Crippen LogP contribution in [0, 0.1) is 0 Å². The molecule has 0 spiro atoms. The number of rotatable bonds is 5. The molecule has 0 unspecified atom stereocenters. The number of halogens is 2. The van der Waals surface area contributed by atoms with Gasteiger partial charge < -0.3 is 10.1 Å². The zero-order chi connectivity index (χ0) is 18.9. The van der Waals surface area contributed by atoms with Gasteiger partial charge in [-0.2, -0.15) is 0 Å². The average Bonchev–Trinajstić information content (AvgIpc) is 2.80. The van der Waals surface area contributed by atoms with Crippen molar-refractivity contribution < 1.29 is 14.3 Å². The SMILES string of the molecule is CCOc1ccccc1CN1C(=O)N[C@@](C)(c2ccc(Cl)cc2Cl)C1=O. The van der Waals surface area contributed by atoms with Gasteiger partial charge >= 0.3 is 6.03 Å². The number of amides is 3. The quantitative estimate of drug-likeness (QED) is 0.768. The Morgan fingerprint density at radius 2 is 1.88 bits per heavy atom. The summed E-state index contributed by atoms with van der Waals surface area (Å²) < 4.78 is 5.58. The lowest BCUT2D eigenvalue weighted by Crippen LogP contribution is -2.41. The van der Waals surface area contributed by atoms with Crippen molar-refractivity contribution in [3.05, 3.63) is 63.6 Å². The van der Waals surface area contributed by atoms with Crippen LogP contribution in [0.15, 0.2) is 42.5 Å². The summed E-state index contributed by atoms with van der Waals surface area (Å²) in [6.45, 7) is 4.12. The molecule has 1 atom stereocenters. The first-order valence-electron chi connectivity index (χ1n) is 8.17. The maximum Gasteiger partial charge on any atom is 0.325 e. The minimum absolute atomic E-state index is 0.113. The van der Waals surface area contributed by atoms with Gasteiger partial charge in [-0.15, -0.1) is 0 Å². The number of benzene rings is 2. The van der Waals surface area contributed by atoms with Crippen LogP contribution < -0.4 is 10.1 Å². The van der Waals surface area contributed by atoms with Crippen molar-refractivity contribution in [3.8, 4) is 5.75 Å². The van der Waals surface area contributed by atoms with E-state index in [1.807, 2.05) is 31.2 Å². The van der Waals surface area contributed by atoms with Gasteiger partial charge in [-0.25, -0.2) is 4.79 Å². The fourth-order valence-corrected chi connectivity index (χ4v) is 3.62. The van der Waals surface area contributed by atoms with Gasteiger partial charge in [0.15, 0.2) is 0 Å². The van der Waals surface area contributed by atoms with Gasteiger partial charge in [0.1, 0.15) is 11.3 Å². The minimum Gasteiger partial charge on any atom is -0.494 e. The van der Waals surface area contributed by atoms with Gasteiger partial charge in [0.2, 0.25) is 0 Å². The molecule has 1 heterocycles. The number of hydrogen-bond acceptors (Lipinski definition) is 3. The number of nitrogens with zero attached hydrogens (tertiary/aromatic N) is 1. The second-order valence-corrected chi connectivity index (χ2v) is 6.95. The van der Waals surface area contributed by atoms with Gasteiger partial charge in [-0.1, -0.05) is 47.5 Å². The Morgan fingerprint density at radius 3 is 2.58 bits per heavy atom. The molecule has 1 aliphatic heterocycles. The van der Waals surface area contributed by atoms with Crippen LogP contribution in [0.3, 0.4) is 0 Å². The molecular weight excluding hydrogens is 375 g/mol. The molecule has 0 saturated carbocycles. The van der Waals surface area contributed by atoms with E-state index in [0.717, 1.165) is 5.56 Å². The summed E-state index contributed by atoms with van der Waals surface area (Å²) in [7, 11) is 0. The standard InChI is InChI=1S/C19H18Cl2N2O3/c1-3-26-16-7-5-4-6-12(16)11-23-17(24)19(2,22-18(23)25)14-9-8-13(20)10-15(14)21/h4-10H,3,11H2,1-2H3,(H,22,25)/t19-/m0/s1. The third-order valence-electron chi connectivity index (χ3n) is 4.35. The van der Waals surface area contributed by atoms with E-state index in [1.54, 1.807) is 25.1 Å². The summed E-state index contributed by atoms with van der Waals surface area (Å²) in [5, 5.41) is 3.53. The maximum absolute atomic E-state index is 13.1. The average molecular weight is 393 g/mol. The molecule has 1 N–H and O–H groups in total. The van der Waals surface area contributed by atoms with Crippen molar-refractivity contribution in [2.45, 2.75) is 25.9 Å². The van der Waals surface area contributed by atoms with Gasteiger partial charge in [0, 0.05) is 21.2 Å². The number of carbonyl (C=O) groups is 2. The molecule has 1 aliphatic rings. The zero-order valence-corrected chi connectivity index (χ0v) is 15.9. The maximum atomic E-state index is 13.1. The van der Waals surface area contributed by atoms with Crippen molar-refractivity contribution in [2.75, 3.05) is 6.61 Å². The van der Waals surface area contributed by atoms with E-state index in [4.69, 9.17) is 27.9 Å². The normalized spacial score (nSPS) is 19.6. The fourth-order valence-electron chi connectivity index (χ4n) is 3.02. The first-order valence-corrected chi connectivity index (χ1v) is 8.92. The van der Waals surface area contributed by atoms with Crippen molar-refractivity contribution in [3.63, 3.8) is 0 Å². The Balaban J connectivity index is 1.92. The lowest BCUT2D eigenvalue weighted by atomic mass is 9.92. The molecule has 0 radical (unpaired) electrons. The number of hydrogen-bond donors (Lipinski definition) is 1. The molecule has 2 aromatic rings. The molecule has 2 aromatic carbocycles. The van der Waals surface area contributed by atoms with Gasteiger partial charge in [-0.05, 0) is 32.0 Å². The Kier molecular flexibility index (Phi) is 5.12. The second kappa shape index (κ2) is 7.17. The lowest BCUT2D eigenvalue weighted by molar-refractivity contribution is -0.131. The summed E-state index contributed by atoms with van der Waals surface area (Å²) in [5.41, 5.74) is 0.00563. The highest BCUT2D eigenvalue weighted by molar-refractivity contribution is 6.35. The van der Waals surface area contributed by atoms with Crippen molar-refractivity contribution in [1.82, 2.24) is 10.2 Å². The number of ether oxygens (including phenoxy) is 1. The molecule has 0 aliphatic carbocycles. The van der Waals surface area contributed by atoms with Crippen LogP contribution in [0.2, 0.25) is 10.0 Å². The van der Waals surface area contributed by atoms with Crippen LogP contribution in [-0.4, -0.2) is 23.4 Å². The number of nitrogens with one attached hydrogen (secondary N) is 1. The van der Waals surface area contributed by atoms with Crippen LogP contribution in [0.25, 0.3) is 0 Å². The fraction of sp³-hybridized carbons (Fsp3) is 0.263. The Hall–Kier alpha value is -2.24. The van der Waals surface area contributed by atoms with Gasteiger partial charge in [-0.3, -0.25) is 9.69 Å². The zero-order valence-electron chi connectivity index (χ0n) is 14.4. The molecule has 3 amide bonds. The van der Waals surface area contributed by atoms with Crippen LogP contribution in [0.4, 0.5) is 4.79 Å².